The molecule has 152 valence electrons. The number of fused-ring (bicyclic) bond motifs is 1. The van der Waals surface area contributed by atoms with E-state index in [1.165, 1.54) is 0 Å². The number of hydrogen-bond donors (Lipinski definition) is 1. The lowest BCUT2D eigenvalue weighted by Crippen LogP contribution is -2.02. The first-order valence-corrected chi connectivity index (χ1v) is 10.0. The van der Waals surface area contributed by atoms with Gasteiger partial charge in [-0.2, -0.15) is 10.5 Å². The lowest BCUT2D eigenvalue weighted by Gasteiger charge is -2.12. The molecule has 4 rings (SSSR count). The fraction of sp³-hybridized carbons (Fsp3) is 0.160. The van der Waals surface area contributed by atoms with Crippen LogP contribution in [0.25, 0.3) is 16.6 Å². The molecule has 0 bridgehead atoms. The van der Waals surface area contributed by atoms with Crippen molar-refractivity contribution in [3.05, 3.63) is 83.7 Å². The van der Waals surface area contributed by atoms with Crippen LogP contribution in [0.3, 0.4) is 0 Å². The van der Waals surface area contributed by atoms with Crippen LogP contribution < -0.4 is 10.5 Å². The zero-order valence-corrected chi connectivity index (χ0v) is 17.0. The van der Waals surface area contributed by atoms with Crippen molar-refractivity contribution in [1.29, 1.82) is 10.5 Å². The Morgan fingerprint density at radius 1 is 1.03 bits per heavy atom. The quantitative estimate of drug-likeness (QED) is 0.352. The molecule has 4 aromatic rings. The van der Waals surface area contributed by atoms with E-state index in [-0.39, 0.29) is 0 Å². The van der Waals surface area contributed by atoms with Crippen LogP contribution in [0, 0.1) is 22.7 Å². The number of pyridine rings is 1. The van der Waals surface area contributed by atoms with Crippen molar-refractivity contribution < 1.29 is 4.74 Å². The third-order valence-electron chi connectivity index (χ3n) is 5.09. The number of nitrogens with two attached hydrogens (primary N) is 1. The zero-order valence-electron chi connectivity index (χ0n) is 17.0. The van der Waals surface area contributed by atoms with Gasteiger partial charge < -0.3 is 15.0 Å². The number of nitriles is 2. The molecule has 2 heterocycles. The molecule has 0 atom stereocenters. The van der Waals surface area contributed by atoms with Crippen LogP contribution in [0.4, 0.5) is 5.69 Å². The van der Waals surface area contributed by atoms with Gasteiger partial charge in [0.05, 0.1) is 18.2 Å². The maximum atomic E-state index is 9.63. The molecule has 6 heteroatoms. The lowest BCUT2D eigenvalue weighted by atomic mass is 10.0. The second-order valence-corrected chi connectivity index (χ2v) is 7.21. The van der Waals surface area contributed by atoms with Gasteiger partial charge in [0.15, 0.2) is 0 Å². The number of ether oxygens (including phenoxy) is 1. The summed E-state index contributed by atoms with van der Waals surface area (Å²) in [7, 11) is 0. The molecule has 0 unspecified atom stereocenters. The average Bonchev–Trinajstić information content (AvgIpc) is 3.18. The van der Waals surface area contributed by atoms with Crippen molar-refractivity contribution in [2.24, 2.45) is 0 Å². The Hall–Kier alpha value is -4.29. The summed E-state index contributed by atoms with van der Waals surface area (Å²) in [6.07, 6.45) is 3.54. The van der Waals surface area contributed by atoms with Gasteiger partial charge in [0.1, 0.15) is 11.8 Å². The molecule has 0 radical (unpaired) electrons. The van der Waals surface area contributed by atoms with Crippen molar-refractivity contribution in [2.75, 3.05) is 12.3 Å². The molecule has 0 aliphatic heterocycles. The number of unbranched alkanes of at least 4 members (excludes halogenated alkanes) is 1. The SMILES string of the molecule is N#CCCCOc1ccc(Cc2cc(-n3c(C#N)cc4ccccc43)ccc2N)cn1. The van der Waals surface area contributed by atoms with Crippen molar-refractivity contribution in [2.45, 2.75) is 19.3 Å². The summed E-state index contributed by atoms with van der Waals surface area (Å²) in [6.45, 7) is 0.473. The molecule has 0 amide bonds. The van der Waals surface area contributed by atoms with Gasteiger partial charge in [0.25, 0.3) is 0 Å². The van der Waals surface area contributed by atoms with Gasteiger partial charge in [-0.15, -0.1) is 0 Å². The van der Waals surface area contributed by atoms with E-state index in [0.717, 1.165) is 27.7 Å². The molecule has 31 heavy (non-hydrogen) atoms. The molecular formula is C25H21N5O. The monoisotopic (exact) mass is 407 g/mol. The van der Waals surface area contributed by atoms with Crippen LogP contribution >= 0.6 is 0 Å². The van der Waals surface area contributed by atoms with Crippen LogP contribution in [0.1, 0.15) is 29.7 Å². The van der Waals surface area contributed by atoms with Crippen LogP contribution in [0.5, 0.6) is 5.88 Å². The summed E-state index contributed by atoms with van der Waals surface area (Å²) in [5.41, 5.74) is 11.4. The summed E-state index contributed by atoms with van der Waals surface area (Å²) < 4.78 is 7.50. The Kier molecular flexibility index (Phi) is 5.82. The van der Waals surface area contributed by atoms with Gasteiger partial charge in [0, 0.05) is 41.9 Å². The third-order valence-corrected chi connectivity index (χ3v) is 5.09. The van der Waals surface area contributed by atoms with Crippen molar-refractivity contribution >= 4 is 16.6 Å². The van der Waals surface area contributed by atoms with Crippen LogP contribution in [-0.4, -0.2) is 16.2 Å². The first kappa shape index (κ1) is 20.0. The molecule has 2 aromatic carbocycles. The van der Waals surface area contributed by atoms with E-state index in [9.17, 15) is 5.26 Å². The molecule has 0 aliphatic rings. The van der Waals surface area contributed by atoms with E-state index >= 15 is 0 Å². The molecule has 2 N–H and O–H groups in total. The second-order valence-electron chi connectivity index (χ2n) is 7.21. The van der Waals surface area contributed by atoms with Gasteiger partial charge in [0.2, 0.25) is 5.88 Å². The highest BCUT2D eigenvalue weighted by atomic mass is 16.5. The van der Waals surface area contributed by atoms with Crippen LogP contribution in [0.15, 0.2) is 66.9 Å². The Morgan fingerprint density at radius 2 is 1.90 bits per heavy atom. The predicted octanol–water partition coefficient (Wildman–Crippen LogP) is 4.75. The summed E-state index contributed by atoms with van der Waals surface area (Å²) in [4.78, 5) is 4.35. The van der Waals surface area contributed by atoms with E-state index < -0.39 is 0 Å². The maximum Gasteiger partial charge on any atom is 0.213 e. The number of para-hydroxylation sites is 1. The Balaban J connectivity index is 1.59. The molecule has 2 aromatic heterocycles. The fourth-order valence-electron chi connectivity index (χ4n) is 3.55. The summed E-state index contributed by atoms with van der Waals surface area (Å²) in [6, 6.07) is 23.8. The molecule has 0 saturated heterocycles. The van der Waals surface area contributed by atoms with Crippen molar-refractivity contribution in [1.82, 2.24) is 9.55 Å². The topological polar surface area (TPSA) is 101 Å². The van der Waals surface area contributed by atoms with E-state index in [1.807, 2.05) is 65.2 Å². The third kappa shape index (κ3) is 4.34. The first-order valence-electron chi connectivity index (χ1n) is 10.0. The van der Waals surface area contributed by atoms with Crippen LogP contribution in [0.2, 0.25) is 0 Å². The van der Waals surface area contributed by atoms with Crippen LogP contribution in [-0.2, 0) is 6.42 Å². The smallest absolute Gasteiger partial charge is 0.213 e. The van der Waals surface area contributed by atoms with Gasteiger partial charge in [-0.05, 0) is 47.9 Å². The largest absolute Gasteiger partial charge is 0.478 e. The minimum atomic E-state index is 0.470. The number of anilines is 1. The Bertz CT molecular complexity index is 1290. The number of benzene rings is 2. The first-order chi connectivity index (χ1) is 15.2. The molecule has 0 spiro atoms. The molecule has 0 fully saturated rings. The number of hydrogen-bond acceptors (Lipinski definition) is 5. The number of rotatable bonds is 7. The molecule has 6 nitrogen and oxygen atoms in total. The van der Waals surface area contributed by atoms with Gasteiger partial charge >= 0.3 is 0 Å². The van der Waals surface area contributed by atoms with Gasteiger partial charge in [-0.25, -0.2) is 4.98 Å². The number of aromatic nitrogens is 2. The number of nitrogen functional groups attached to an aromatic ring is 1. The normalized spacial score (nSPS) is 10.5. The van der Waals surface area contributed by atoms with Crippen molar-refractivity contribution in [3.8, 4) is 23.7 Å². The molecular weight excluding hydrogens is 386 g/mol. The van der Waals surface area contributed by atoms with E-state index in [4.69, 9.17) is 15.7 Å². The average molecular weight is 407 g/mol. The van der Waals surface area contributed by atoms with E-state index in [0.29, 0.717) is 43.1 Å². The van der Waals surface area contributed by atoms with Gasteiger partial charge in [-0.1, -0.05) is 24.3 Å². The Labute approximate surface area is 180 Å². The fourth-order valence-corrected chi connectivity index (χ4v) is 3.55. The minimum Gasteiger partial charge on any atom is -0.478 e. The van der Waals surface area contributed by atoms with Crippen molar-refractivity contribution in [3.63, 3.8) is 0 Å². The Morgan fingerprint density at radius 3 is 2.68 bits per heavy atom. The highest BCUT2D eigenvalue weighted by molar-refractivity contribution is 5.84. The summed E-state index contributed by atoms with van der Waals surface area (Å²) in [5.74, 6) is 0.542. The maximum absolute atomic E-state index is 9.63. The minimum absolute atomic E-state index is 0.470. The number of nitrogens with zero attached hydrogens (tertiary/aromatic N) is 4. The molecule has 0 aliphatic carbocycles. The highest BCUT2D eigenvalue weighted by Crippen LogP contribution is 2.27. The molecule has 0 saturated carbocycles. The van der Waals surface area contributed by atoms with E-state index in [1.54, 1.807) is 6.20 Å². The summed E-state index contributed by atoms with van der Waals surface area (Å²) >= 11 is 0. The van der Waals surface area contributed by atoms with Gasteiger partial charge in [-0.3, -0.25) is 0 Å². The second kappa shape index (κ2) is 9.02. The summed E-state index contributed by atoms with van der Waals surface area (Å²) in [5, 5.41) is 19.2. The lowest BCUT2D eigenvalue weighted by molar-refractivity contribution is 0.301. The zero-order chi connectivity index (χ0) is 21.6. The highest BCUT2D eigenvalue weighted by Gasteiger charge is 2.12. The van der Waals surface area contributed by atoms with E-state index in [2.05, 4.69) is 17.1 Å². The standard InChI is InChI=1S/C25H21N5O/c26-11-3-4-12-31-25-10-7-18(17-29-25)13-20-15-21(8-9-23(20)28)30-22(16-27)14-19-5-1-2-6-24(19)30/h1-2,5-10,14-15,17H,3-4,12-13,28H2. The predicted molar refractivity (Wildman–Crippen MR) is 120 cm³/mol.